The van der Waals surface area contributed by atoms with Crippen LogP contribution in [-0.4, -0.2) is 13.0 Å². The van der Waals surface area contributed by atoms with Gasteiger partial charge in [-0.15, -0.1) is 0 Å². The van der Waals surface area contributed by atoms with Crippen LogP contribution in [0.4, 0.5) is 5.69 Å². The number of primary amides is 1. The first-order valence-electron chi connectivity index (χ1n) is 3.88. The molecule has 0 fully saturated rings. The van der Waals surface area contributed by atoms with Crippen LogP contribution in [0.5, 0.6) is 0 Å². The van der Waals surface area contributed by atoms with Crippen molar-refractivity contribution in [3.63, 3.8) is 0 Å². The van der Waals surface area contributed by atoms with Gasteiger partial charge in [0.15, 0.2) is 0 Å². The molecular formula is C9H11ClN2O. The van der Waals surface area contributed by atoms with Crippen molar-refractivity contribution in [3.8, 4) is 0 Å². The lowest BCUT2D eigenvalue weighted by Gasteiger charge is -2.05. The van der Waals surface area contributed by atoms with E-state index in [0.29, 0.717) is 5.02 Å². The van der Waals surface area contributed by atoms with Crippen LogP contribution in [0.2, 0.25) is 5.02 Å². The van der Waals surface area contributed by atoms with E-state index in [1.165, 1.54) is 0 Å². The normalized spacial score (nSPS) is 9.69. The third-order valence-corrected chi connectivity index (χ3v) is 2.01. The van der Waals surface area contributed by atoms with Crippen LogP contribution >= 0.6 is 11.6 Å². The predicted octanol–water partition coefficient (Wildman–Crippen LogP) is 1.41. The van der Waals surface area contributed by atoms with Crippen molar-refractivity contribution >= 4 is 23.2 Å². The molecule has 0 aliphatic rings. The van der Waals surface area contributed by atoms with Crippen molar-refractivity contribution in [2.24, 2.45) is 5.73 Å². The van der Waals surface area contributed by atoms with Gasteiger partial charge in [0.2, 0.25) is 5.91 Å². The molecule has 1 aromatic carbocycles. The van der Waals surface area contributed by atoms with Crippen LogP contribution in [0.1, 0.15) is 5.56 Å². The number of halogens is 1. The summed E-state index contributed by atoms with van der Waals surface area (Å²) in [6, 6.07) is 5.34. The summed E-state index contributed by atoms with van der Waals surface area (Å²) in [5.74, 6) is -0.343. The Hall–Kier alpha value is -1.22. The highest BCUT2D eigenvalue weighted by Crippen LogP contribution is 2.22. The third-order valence-electron chi connectivity index (χ3n) is 1.68. The molecule has 13 heavy (non-hydrogen) atoms. The molecule has 0 heterocycles. The third kappa shape index (κ3) is 2.63. The van der Waals surface area contributed by atoms with E-state index in [9.17, 15) is 4.79 Å². The van der Waals surface area contributed by atoms with Crippen LogP contribution in [0, 0.1) is 0 Å². The quantitative estimate of drug-likeness (QED) is 0.772. The monoisotopic (exact) mass is 198 g/mol. The number of benzene rings is 1. The molecule has 0 spiro atoms. The van der Waals surface area contributed by atoms with Gasteiger partial charge in [0.25, 0.3) is 0 Å². The first kappa shape index (κ1) is 9.86. The molecule has 0 radical (unpaired) electrons. The number of carbonyl (C=O) groups is 1. The van der Waals surface area contributed by atoms with Crippen molar-refractivity contribution in [3.05, 3.63) is 28.8 Å². The largest absolute Gasteiger partial charge is 0.387 e. The Bertz CT molecular complexity index is 325. The Kier molecular flexibility index (Phi) is 3.14. The predicted molar refractivity (Wildman–Crippen MR) is 53.9 cm³/mol. The molecule has 0 saturated heterocycles. The fraction of sp³-hybridized carbons (Fsp3) is 0.222. The molecule has 3 nitrogen and oxygen atoms in total. The van der Waals surface area contributed by atoms with Gasteiger partial charge in [-0.2, -0.15) is 0 Å². The summed E-state index contributed by atoms with van der Waals surface area (Å²) in [6.07, 6.45) is 0.242. The lowest BCUT2D eigenvalue weighted by molar-refractivity contribution is -0.117. The molecule has 0 atom stereocenters. The highest BCUT2D eigenvalue weighted by molar-refractivity contribution is 6.33. The Morgan fingerprint density at radius 1 is 1.62 bits per heavy atom. The van der Waals surface area contributed by atoms with Gasteiger partial charge in [-0.3, -0.25) is 4.79 Å². The van der Waals surface area contributed by atoms with E-state index in [1.54, 1.807) is 19.2 Å². The smallest absolute Gasteiger partial charge is 0.221 e. The zero-order valence-corrected chi connectivity index (χ0v) is 8.06. The van der Waals surface area contributed by atoms with Crippen LogP contribution in [0.25, 0.3) is 0 Å². The van der Waals surface area contributed by atoms with Crippen LogP contribution in [0.3, 0.4) is 0 Å². The van der Waals surface area contributed by atoms with Gasteiger partial charge in [-0.05, 0) is 17.7 Å². The van der Waals surface area contributed by atoms with Gasteiger partial charge in [0, 0.05) is 7.05 Å². The van der Waals surface area contributed by atoms with Crippen molar-refractivity contribution in [2.45, 2.75) is 6.42 Å². The van der Waals surface area contributed by atoms with Crippen LogP contribution in [-0.2, 0) is 11.2 Å². The Morgan fingerprint density at radius 2 is 2.31 bits per heavy atom. The van der Waals surface area contributed by atoms with Crippen molar-refractivity contribution < 1.29 is 4.79 Å². The highest BCUT2D eigenvalue weighted by atomic mass is 35.5. The van der Waals surface area contributed by atoms with Crippen molar-refractivity contribution in [1.82, 2.24) is 0 Å². The molecule has 0 unspecified atom stereocenters. The molecule has 0 aliphatic carbocycles. The van der Waals surface area contributed by atoms with E-state index < -0.39 is 0 Å². The van der Waals surface area contributed by atoms with Gasteiger partial charge < -0.3 is 11.1 Å². The van der Waals surface area contributed by atoms with Crippen LogP contribution in [0.15, 0.2) is 18.2 Å². The number of hydrogen-bond donors (Lipinski definition) is 2. The van der Waals surface area contributed by atoms with Crippen molar-refractivity contribution in [1.29, 1.82) is 0 Å². The summed E-state index contributed by atoms with van der Waals surface area (Å²) >= 11 is 5.85. The Labute approximate surface area is 81.9 Å². The molecule has 3 N–H and O–H groups in total. The summed E-state index contributed by atoms with van der Waals surface area (Å²) < 4.78 is 0. The summed E-state index contributed by atoms with van der Waals surface area (Å²) in [5, 5.41) is 3.56. The zero-order chi connectivity index (χ0) is 9.84. The first-order valence-corrected chi connectivity index (χ1v) is 4.25. The number of rotatable bonds is 3. The highest BCUT2D eigenvalue weighted by Gasteiger charge is 2.02. The number of carbonyl (C=O) groups excluding carboxylic acids is 1. The first-order chi connectivity index (χ1) is 6.13. The summed E-state index contributed by atoms with van der Waals surface area (Å²) in [5.41, 5.74) is 6.73. The Balaban J connectivity index is 2.92. The molecule has 0 aliphatic heterocycles. The molecule has 1 rings (SSSR count). The second-order valence-corrected chi connectivity index (χ2v) is 3.11. The molecule has 1 aromatic rings. The van der Waals surface area contributed by atoms with E-state index in [1.807, 2.05) is 6.07 Å². The van der Waals surface area contributed by atoms with E-state index in [4.69, 9.17) is 17.3 Å². The topological polar surface area (TPSA) is 55.1 Å². The zero-order valence-electron chi connectivity index (χ0n) is 7.30. The molecule has 70 valence electrons. The molecule has 0 saturated carbocycles. The van der Waals surface area contributed by atoms with Crippen LogP contribution < -0.4 is 11.1 Å². The lowest BCUT2D eigenvalue weighted by Crippen LogP contribution is -2.13. The number of nitrogens with one attached hydrogen (secondary N) is 1. The fourth-order valence-electron chi connectivity index (χ4n) is 1.08. The average Bonchev–Trinajstić information content (AvgIpc) is 2.07. The standard InChI is InChI=1S/C9H11ClN2O/c1-12-8-4-6(5-9(11)13)2-3-7(8)10/h2-4,12H,5H2,1H3,(H2,11,13). The number of nitrogens with two attached hydrogens (primary N) is 1. The minimum atomic E-state index is -0.343. The molecule has 0 aromatic heterocycles. The van der Waals surface area contributed by atoms with E-state index in [2.05, 4.69) is 5.32 Å². The second-order valence-electron chi connectivity index (χ2n) is 2.71. The average molecular weight is 199 g/mol. The minimum absolute atomic E-state index is 0.242. The summed E-state index contributed by atoms with van der Waals surface area (Å²) in [7, 11) is 1.77. The maximum Gasteiger partial charge on any atom is 0.221 e. The lowest BCUT2D eigenvalue weighted by atomic mass is 10.1. The van der Waals surface area contributed by atoms with Gasteiger partial charge in [0.05, 0.1) is 17.1 Å². The fourth-order valence-corrected chi connectivity index (χ4v) is 1.29. The van der Waals surface area contributed by atoms with E-state index >= 15 is 0 Å². The number of hydrogen-bond acceptors (Lipinski definition) is 2. The minimum Gasteiger partial charge on any atom is -0.387 e. The summed E-state index contributed by atoms with van der Waals surface area (Å²) in [6.45, 7) is 0. The van der Waals surface area contributed by atoms with Gasteiger partial charge in [0.1, 0.15) is 0 Å². The molecule has 0 bridgehead atoms. The van der Waals surface area contributed by atoms with Gasteiger partial charge >= 0.3 is 0 Å². The van der Waals surface area contributed by atoms with E-state index in [0.717, 1.165) is 11.3 Å². The maximum atomic E-state index is 10.6. The SMILES string of the molecule is CNc1cc(CC(N)=O)ccc1Cl. The van der Waals surface area contributed by atoms with Gasteiger partial charge in [-0.25, -0.2) is 0 Å². The number of amides is 1. The number of anilines is 1. The second kappa shape index (κ2) is 4.14. The molecule has 4 heteroatoms. The molecular weight excluding hydrogens is 188 g/mol. The van der Waals surface area contributed by atoms with Crippen molar-refractivity contribution in [2.75, 3.05) is 12.4 Å². The van der Waals surface area contributed by atoms with E-state index in [-0.39, 0.29) is 12.3 Å². The maximum absolute atomic E-state index is 10.6. The van der Waals surface area contributed by atoms with Gasteiger partial charge in [-0.1, -0.05) is 17.7 Å². The Morgan fingerprint density at radius 3 is 2.85 bits per heavy atom. The molecule has 1 amide bonds. The summed E-state index contributed by atoms with van der Waals surface area (Å²) in [4.78, 5) is 10.6.